The van der Waals surface area contributed by atoms with Crippen molar-refractivity contribution in [2.45, 2.75) is 13.5 Å². The first kappa shape index (κ1) is 17.6. The van der Waals surface area contributed by atoms with Crippen LogP contribution in [-0.4, -0.2) is 37.1 Å². The van der Waals surface area contributed by atoms with Crippen molar-refractivity contribution in [3.8, 4) is 5.75 Å². The summed E-state index contributed by atoms with van der Waals surface area (Å²) in [5, 5.41) is 5.39. The lowest BCUT2D eigenvalue weighted by Gasteiger charge is -2.06. The molecule has 3 heterocycles. The Balaban J connectivity index is 1.59. The Morgan fingerprint density at radius 2 is 2.11 bits per heavy atom. The van der Waals surface area contributed by atoms with Crippen molar-refractivity contribution in [1.82, 2.24) is 24.6 Å². The van der Waals surface area contributed by atoms with Crippen molar-refractivity contribution in [2.24, 2.45) is 0 Å². The molecule has 0 amide bonds. The monoisotopic (exact) mass is 375 g/mol. The zero-order valence-electron chi connectivity index (χ0n) is 15.2. The van der Waals surface area contributed by atoms with Gasteiger partial charge in [0.1, 0.15) is 24.5 Å². The average molecular weight is 375 g/mol. The van der Waals surface area contributed by atoms with E-state index in [-0.39, 0.29) is 13.2 Å². The van der Waals surface area contributed by atoms with E-state index < -0.39 is 5.97 Å². The highest BCUT2D eigenvalue weighted by Crippen LogP contribution is 2.23. The molecule has 0 aliphatic carbocycles. The summed E-state index contributed by atoms with van der Waals surface area (Å²) in [6.45, 7) is 5.56. The maximum atomic E-state index is 12.1. The minimum Gasteiger partial charge on any atom is -0.483 e. The predicted octanol–water partition coefficient (Wildman–Crippen LogP) is 2.90. The molecule has 28 heavy (non-hydrogen) atoms. The molecule has 0 fully saturated rings. The molecule has 0 saturated heterocycles. The Morgan fingerprint density at radius 3 is 2.96 bits per heavy atom. The number of benzene rings is 1. The van der Waals surface area contributed by atoms with Crippen molar-refractivity contribution in [1.29, 1.82) is 0 Å². The molecule has 1 aromatic carbocycles. The largest absolute Gasteiger partial charge is 0.483 e. The van der Waals surface area contributed by atoms with Gasteiger partial charge in [0.15, 0.2) is 5.82 Å². The normalized spacial score (nSPS) is 10.9. The SMILES string of the molecule is C=CCOC(=O)c1cnc2nc(COc3cccc4cccnc34)nn2c1C. The minimum atomic E-state index is -0.484. The van der Waals surface area contributed by atoms with Gasteiger partial charge in [-0.1, -0.05) is 30.9 Å². The third-order valence-corrected chi connectivity index (χ3v) is 4.16. The topological polar surface area (TPSA) is 91.5 Å². The number of esters is 1. The second-order valence-corrected chi connectivity index (χ2v) is 6.00. The average Bonchev–Trinajstić information content (AvgIpc) is 3.15. The predicted molar refractivity (Wildman–Crippen MR) is 102 cm³/mol. The quantitative estimate of drug-likeness (QED) is 0.378. The summed E-state index contributed by atoms with van der Waals surface area (Å²) in [7, 11) is 0. The van der Waals surface area contributed by atoms with E-state index in [1.807, 2.05) is 30.3 Å². The van der Waals surface area contributed by atoms with Crippen LogP contribution in [0.1, 0.15) is 21.9 Å². The highest BCUT2D eigenvalue weighted by molar-refractivity contribution is 5.90. The maximum Gasteiger partial charge on any atom is 0.341 e. The molecular formula is C20H17N5O3. The van der Waals surface area contributed by atoms with Crippen molar-refractivity contribution in [2.75, 3.05) is 6.61 Å². The number of carbonyl (C=O) groups is 1. The number of ether oxygens (including phenoxy) is 2. The van der Waals surface area contributed by atoms with Crippen molar-refractivity contribution in [3.05, 3.63) is 72.5 Å². The zero-order chi connectivity index (χ0) is 19.5. The third kappa shape index (κ3) is 3.27. The molecule has 3 aromatic heterocycles. The van der Waals surface area contributed by atoms with Gasteiger partial charge in [0.05, 0.1) is 11.3 Å². The molecule has 0 atom stereocenters. The number of rotatable bonds is 6. The van der Waals surface area contributed by atoms with Gasteiger partial charge in [0, 0.05) is 17.8 Å². The van der Waals surface area contributed by atoms with Crippen LogP contribution in [0.5, 0.6) is 5.75 Å². The van der Waals surface area contributed by atoms with E-state index in [0.29, 0.717) is 28.6 Å². The summed E-state index contributed by atoms with van der Waals surface area (Å²) >= 11 is 0. The van der Waals surface area contributed by atoms with Gasteiger partial charge in [-0.05, 0) is 19.1 Å². The van der Waals surface area contributed by atoms with E-state index in [1.165, 1.54) is 16.8 Å². The molecule has 0 N–H and O–H groups in total. The van der Waals surface area contributed by atoms with Crippen LogP contribution in [0.4, 0.5) is 0 Å². The number of pyridine rings is 1. The highest BCUT2D eigenvalue weighted by atomic mass is 16.5. The van der Waals surface area contributed by atoms with Gasteiger partial charge in [0.25, 0.3) is 5.78 Å². The Morgan fingerprint density at radius 1 is 1.25 bits per heavy atom. The van der Waals surface area contributed by atoms with E-state index in [4.69, 9.17) is 9.47 Å². The second-order valence-electron chi connectivity index (χ2n) is 6.00. The molecule has 0 bridgehead atoms. The van der Waals surface area contributed by atoms with Gasteiger partial charge in [-0.3, -0.25) is 4.98 Å². The maximum absolute atomic E-state index is 12.1. The summed E-state index contributed by atoms with van der Waals surface area (Å²) in [4.78, 5) is 25.0. The van der Waals surface area contributed by atoms with Gasteiger partial charge in [-0.25, -0.2) is 14.3 Å². The first-order chi connectivity index (χ1) is 13.7. The molecule has 140 valence electrons. The standard InChI is InChI=1S/C20H17N5O3/c1-3-10-27-19(26)15-11-22-20-23-17(24-25(20)13(15)2)12-28-16-8-4-6-14-7-5-9-21-18(14)16/h3-9,11H,1,10,12H2,2H3. The Hall–Kier alpha value is -3.81. The molecule has 0 spiro atoms. The Kier molecular flexibility index (Phi) is 4.67. The molecule has 4 aromatic rings. The van der Waals surface area contributed by atoms with E-state index >= 15 is 0 Å². The lowest BCUT2D eigenvalue weighted by atomic mass is 10.2. The fourth-order valence-electron chi connectivity index (χ4n) is 2.79. The van der Waals surface area contributed by atoms with Gasteiger partial charge in [-0.2, -0.15) is 4.98 Å². The number of nitrogens with zero attached hydrogens (tertiary/aromatic N) is 5. The molecule has 0 saturated carbocycles. The third-order valence-electron chi connectivity index (χ3n) is 4.16. The molecule has 0 aliphatic rings. The lowest BCUT2D eigenvalue weighted by Crippen LogP contribution is -2.11. The van der Waals surface area contributed by atoms with Crippen molar-refractivity contribution < 1.29 is 14.3 Å². The molecule has 8 heteroatoms. The van der Waals surface area contributed by atoms with E-state index in [1.54, 1.807) is 13.1 Å². The first-order valence-electron chi connectivity index (χ1n) is 8.63. The van der Waals surface area contributed by atoms with Crippen LogP contribution in [0, 0.1) is 6.92 Å². The van der Waals surface area contributed by atoms with Crippen molar-refractivity contribution in [3.63, 3.8) is 0 Å². The summed E-state index contributed by atoms with van der Waals surface area (Å²) < 4.78 is 12.4. The molecule has 8 nitrogen and oxygen atoms in total. The van der Waals surface area contributed by atoms with Crippen molar-refractivity contribution >= 4 is 22.6 Å². The van der Waals surface area contributed by atoms with E-state index in [9.17, 15) is 4.79 Å². The molecular weight excluding hydrogens is 358 g/mol. The number of carbonyl (C=O) groups excluding carboxylic acids is 1. The van der Waals surface area contributed by atoms with Gasteiger partial charge in [-0.15, -0.1) is 5.10 Å². The molecule has 4 rings (SSSR count). The minimum absolute atomic E-state index is 0.131. The Labute approximate surface area is 160 Å². The number of hydrogen-bond acceptors (Lipinski definition) is 7. The second kappa shape index (κ2) is 7.43. The number of hydrogen-bond donors (Lipinski definition) is 0. The van der Waals surface area contributed by atoms with Gasteiger partial charge in [0.2, 0.25) is 0 Å². The van der Waals surface area contributed by atoms with E-state index in [2.05, 4.69) is 26.6 Å². The van der Waals surface area contributed by atoms with Gasteiger partial charge >= 0.3 is 5.97 Å². The van der Waals surface area contributed by atoms with Crippen LogP contribution in [-0.2, 0) is 11.3 Å². The fourth-order valence-corrected chi connectivity index (χ4v) is 2.79. The molecule has 0 aliphatic heterocycles. The summed E-state index contributed by atoms with van der Waals surface area (Å²) in [5.74, 6) is 0.991. The van der Waals surface area contributed by atoms with E-state index in [0.717, 1.165) is 10.9 Å². The Bertz CT molecular complexity index is 1180. The number of aryl methyl sites for hydroxylation is 1. The number of aromatic nitrogens is 5. The highest BCUT2D eigenvalue weighted by Gasteiger charge is 2.16. The molecule has 0 radical (unpaired) electrons. The van der Waals surface area contributed by atoms with Crippen LogP contribution < -0.4 is 4.74 Å². The summed E-state index contributed by atoms with van der Waals surface area (Å²) in [5.41, 5.74) is 1.69. The number of para-hydroxylation sites is 1. The van der Waals surface area contributed by atoms with Crippen LogP contribution in [0.2, 0.25) is 0 Å². The number of fused-ring (bicyclic) bond motifs is 2. The lowest BCUT2D eigenvalue weighted by molar-refractivity contribution is 0.0547. The smallest absolute Gasteiger partial charge is 0.341 e. The molecule has 0 unspecified atom stereocenters. The summed E-state index contributed by atoms with van der Waals surface area (Å²) in [6.07, 6.45) is 4.66. The van der Waals surface area contributed by atoms with Gasteiger partial charge < -0.3 is 9.47 Å². The van der Waals surface area contributed by atoms with Crippen LogP contribution >= 0.6 is 0 Å². The zero-order valence-corrected chi connectivity index (χ0v) is 15.2. The van der Waals surface area contributed by atoms with Crippen LogP contribution in [0.3, 0.4) is 0 Å². The van der Waals surface area contributed by atoms with Crippen LogP contribution in [0.15, 0.2) is 55.4 Å². The summed E-state index contributed by atoms with van der Waals surface area (Å²) in [6, 6.07) is 9.57. The first-order valence-corrected chi connectivity index (χ1v) is 8.63. The fraction of sp³-hybridized carbons (Fsp3) is 0.150. The van der Waals surface area contributed by atoms with Crippen LogP contribution in [0.25, 0.3) is 16.7 Å².